The Morgan fingerprint density at radius 3 is 2.47 bits per heavy atom. The van der Waals surface area contributed by atoms with E-state index in [4.69, 9.17) is 4.74 Å². The molecule has 8 heteroatoms. The third kappa shape index (κ3) is 5.29. The van der Waals surface area contributed by atoms with Gasteiger partial charge >= 0.3 is 5.97 Å². The second-order valence-corrected chi connectivity index (χ2v) is 8.45. The van der Waals surface area contributed by atoms with Crippen LogP contribution >= 0.6 is 11.3 Å². The van der Waals surface area contributed by atoms with Gasteiger partial charge in [0, 0.05) is 4.88 Å². The van der Waals surface area contributed by atoms with Gasteiger partial charge in [-0.2, -0.15) is 5.10 Å². The van der Waals surface area contributed by atoms with Crippen LogP contribution in [0.2, 0.25) is 0 Å². The first-order valence-electron chi connectivity index (χ1n) is 10.5. The van der Waals surface area contributed by atoms with Crippen LogP contribution in [0.15, 0.2) is 72.1 Å². The van der Waals surface area contributed by atoms with Crippen molar-refractivity contribution < 1.29 is 18.7 Å². The number of hydrogen-bond acceptors (Lipinski definition) is 5. The molecular formula is C26H22FN3O3S. The van der Waals surface area contributed by atoms with E-state index in [0.29, 0.717) is 27.4 Å². The highest BCUT2D eigenvalue weighted by molar-refractivity contribution is 7.11. The number of rotatable bonds is 7. The molecule has 0 bridgehead atoms. The van der Waals surface area contributed by atoms with Crippen molar-refractivity contribution in [3.05, 3.63) is 99.8 Å². The summed E-state index contributed by atoms with van der Waals surface area (Å²) in [7, 11) is 0. The number of para-hydroxylation sites is 1. The monoisotopic (exact) mass is 475 g/mol. The first kappa shape index (κ1) is 23.1. The van der Waals surface area contributed by atoms with Gasteiger partial charge in [-0.3, -0.25) is 4.79 Å². The number of carbonyl (C=O) groups is 2. The van der Waals surface area contributed by atoms with Gasteiger partial charge in [0.2, 0.25) is 0 Å². The van der Waals surface area contributed by atoms with Crippen LogP contribution in [0, 0.1) is 19.7 Å². The number of nitrogens with one attached hydrogen (secondary N) is 1. The lowest BCUT2D eigenvalue weighted by Crippen LogP contribution is -2.22. The lowest BCUT2D eigenvalue weighted by Gasteiger charge is -2.09. The summed E-state index contributed by atoms with van der Waals surface area (Å²) in [6.07, 6.45) is 1.61. The molecule has 0 atom stereocenters. The zero-order valence-corrected chi connectivity index (χ0v) is 19.4. The smallest absolute Gasteiger partial charge is 0.340 e. The molecule has 0 fully saturated rings. The van der Waals surface area contributed by atoms with Crippen LogP contribution in [0.1, 0.15) is 21.8 Å². The van der Waals surface area contributed by atoms with Gasteiger partial charge in [-0.15, -0.1) is 11.3 Å². The number of aromatic nitrogens is 2. The minimum absolute atomic E-state index is 0.290. The summed E-state index contributed by atoms with van der Waals surface area (Å²) in [5.74, 6) is -1.48. The zero-order chi connectivity index (χ0) is 24.1. The Balaban J connectivity index is 1.46. The summed E-state index contributed by atoms with van der Waals surface area (Å²) in [4.78, 5) is 26.1. The third-order valence-corrected chi connectivity index (χ3v) is 5.98. The number of benzene rings is 2. The van der Waals surface area contributed by atoms with Crippen molar-refractivity contribution in [1.29, 1.82) is 0 Å². The van der Waals surface area contributed by atoms with Gasteiger partial charge in [-0.05, 0) is 61.2 Å². The van der Waals surface area contributed by atoms with Gasteiger partial charge in [0.1, 0.15) is 5.82 Å². The maximum absolute atomic E-state index is 13.2. The fourth-order valence-corrected chi connectivity index (χ4v) is 4.15. The number of hydrogen-bond donors (Lipinski definition) is 1. The number of esters is 1. The molecule has 0 aliphatic carbocycles. The van der Waals surface area contributed by atoms with Crippen molar-refractivity contribution in [3.8, 4) is 5.69 Å². The van der Waals surface area contributed by atoms with E-state index in [1.807, 2.05) is 48.7 Å². The number of nitrogens with zero attached hydrogens (tertiary/aromatic N) is 2. The van der Waals surface area contributed by atoms with Gasteiger partial charge in [0.05, 0.1) is 28.3 Å². The van der Waals surface area contributed by atoms with Crippen LogP contribution in [-0.2, 0) is 14.3 Å². The zero-order valence-electron chi connectivity index (χ0n) is 18.6. The highest BCUT2D eigenvalue weighted by Crippen LogP contribution is 2.25. The van der Waals surface area contributed by atoms with Crippen molar-refractivity contribution in [2.45, 2.75) is 13.8 Å². The molecule has 0 aliphatic heterocycles. The van der Waals surface area contributed by atoms with Crippen molar-refractivity contribution in [2.24, 2.45) is 0 Å². The second-order valence-electron chi connectivity index (χ2n) is 7.50. The molecule has 34 heavy (non-hydrogen) atoms. The van der Waals surface area contributed by atoms with Crippen LogP contribution in [0.5, 0.6) is 0 Å². The van der Waals surface area contributed by atoms with Gasteiger partial charge in [0.25, 0.3) is 5.91 Å². The van der Waals surface area contributed by atoms with E-state index in [2.05, 4.69) is 10.4 Å². The lowest BCUT2D eigenvalue weighted by molar-refractivity contribution is -0.141. The van der Waals surface area contributed by atoms with E-state index >= 15 is 0 Å². The predicted octanol–water partition coefficient (Wildman–Crippen LogP) is 5.41. The molecule has 0 radical (unpaired) electrons. The van der Waals surface area contributed by atoms with E-state index < -0.39 is 18.5 Å². The molecule has 0 saturated carbocycles. The summed E-state index contributed by atoms with van der Waals surface area (Å²) in [5, 5.41) is 9.14. The van der Waals surface area contributed by atoms with Gasteiger partial charge in [-0.1, -0.05) is 36.4 Å². The number of amides is 1. The normalized spacial score (nSPS) is 11.3. The molecule has 0 saturated heterocycles. The lowest BCUT2D eigenvalue weighted by atomic mass is 10.1. The van der Waals surface area contributed by atoms with Crippen molar-refractivity contribution in [2.75, 3.05) is 11.9 Å². The van der Waals surface area contributed by atoms with Gasteiger partial charge in [-0.25, -0.2) is 13.9 Å². The summed E-state index contributed by atoms with van der Waals surface area (Å²) in [6.45, 7) is 3.20. The standard InChI is InChI=1S/C26H22FN3O3S/c1-17-25(18(2)30(29-17)21-7-4-3-5-8-21)28-24(31)16-33-26(32)22(23-9-6-14-34-23)15-19-10-12-20(27)13-11-19/h3-15H,16H2,1-2H3,(H,28,31)/b22-15+. The van der Waals surface area contributed by atoms with Crippen molar-refractivity contribution >= 4 is 40.5 Å². The van der Waals surface area contributed by atoms with E-state index in [-0.39, 0.29) is 5.82 Å². The maximum atomic E-state index is 13.2. The molecule has 2 aromatic heterocycles. The molecule has 0 spiro atoms. The largest absolute Gasteiger partial charge is 0.452 e. The number of anilines is 1. The van der Waals surface area contributed by atoms with Crippen LogP contribution in [-0.4, -0.2) is 28.3 Å². The summed E-state index contributed by atoms with van der Waals surface area (Å²) < 4.78 is 20.3. The third-order valence-electron chi connectivity index (χ3n) is 5.08. The Morgan fingerprint density at radius 1 is 1.06 bits per heavy atom. The summed E-state index contributed by atoms with van der Waals surface area (Å²) in [6, 6.07) is 19.0. The highest BCUT2D eigenvalue weighted by Gasteiger charge is 2.19. The molecule has 4 rings (SSSR count). The first-order chi connectivity index (χ1) is 16.4. The number of ether oxygens (including phenoxy) is 1. The number of carbonyl (C=O) groups excluding carboxylic acids is 2. The number of thiophene rings is 1. The molecule has 4 aromatic rings. The molecule has 2 aromatic carbocycles. The number of aryl methyl sites for hydroxylation is 1. The average molecular weight is 476 g/mol. The topological polar surface area (TPSA) is 73.2 Å². The van der Waals surface area contributed by atoms with E-state index in [0.717, 1.165) is 11.4 Å². The van der Waals surface area contributed by atoms with E-state index in [9.17, 15) is 14.0 Å². The Labute approximate surface area is 200 Å². The second kappa shape index (κ2) is 10.3. The minimum atomic E-state index is -0.643. The highest BCUT2D eigenvalue weighted by atomic mass is 32.1. The predicted molar refractivity (Wildman–Crippen MR) is 131 cm³/mol. The Morgan fingerprint density at radius 2 is 1.79 bits per heavy atom. The summed E-state index contributed by atoms with van der Waals surface area (Å²) >= 11 is 1.37. The Hall–Kier alpha value is -4.04. The number of halogens is 1. The molecule has 0 unspecified atom stereocenters. The Kier molecular flexibility index (Phi) is 6.98. The van der Waals surface area contributed by atoms with Crippen LogP contribution < -0.4 is 5.32 Å². The van der Waals surface area contributed by atoms with Gasteiger partial charge < -0.3 is 10.1 Å². The van der Waals surface area contributed by atoms with E-state index in [1.54, 1.807) is 35.9 Å². The fourth-order valence-electron chi connectivity index (χ4n) is 3.42. The van der Waals surface area contributed by atoms with Crippen molar-refractivity contribution in [1.82, 2.24) is 9.78 Å². The molecule has 2 heterocycles. The Bertz CT molecular complexity index is 1330. The van der Waals surface area contributed by atoms with E-state index in [1.165, 1.54) is 23.5 Å². The molecular weight excluding hydrogens is 453 g/mol. The first-order valence-corrected chi connectivity index (χ1v) is 11.4. The quantitative estimate of drug-likeness (QED) is 0.286. The molecule has 172 valence electrons. The van der Waals surface area contributed by atoms with Crippen LogP contribution in [0.25, 0.3) is 17.3 Å². The maximum Gasteiger partial charge on any atom is 0.340 e. The SMILES string of the molecule is Cc1nn(-c2ccccc2)c(C)c1NC(=O)COC(=O)/C(=C/c1ccc(F)cc1)c1cccs1. The van der Waals surface area contributed by atoms with Gasteiger partial charge in [0.15, 0.2) is 6.61 Å². The molecule has 0 aliphatic rings. The van der Waals surface area contributed by atoms with Crippen molar-refractivity contribution in [3.63, 3.8) is 0 Å². The minimum Gasteiger partial charge on any atom is -0.452 e. The average Bonchev–Trinajstić information content (AvgIpc) is 3.47. The fraction of sp³-hybridized carbons (Fsp3) is 0.115. The molecule has 1 amide bonds. The van der Waals surface area contributed by atoms with Crippen LogP contribution in [0.3, 0.4) is 0 Å². The molecule has 6 nitrogen and oxygen atoms in total. The van der Waals surface area contributed by atoms with Crippen LogP contribution in [0.4, 0.5) is 10.1 Å². The summed E-state index contributed by atoms with van der Waals surface area (Å²) in [5.41, 5.74) is 3.80. The molecule has 1 N–H and O–H groups in total.